The molecule has 0 saturated heterocycles. The van der Waals surface area contributed by atoms with Gasteiger partial charge < -0.3 is 13.7 Å². The minimum Gasteiger partial charge on any atom is -0.309 e. The van der Waals surface area contributed by atoms with Crippen molar-refractivity contribution in [2.45, 2.75) is 0 Å². The molecule has 0 fully saturated rings. The van der Waals surface area contributed by atoms with Crippen molar-refractivity contribution in [1.29, 1.82) is 5.26 Å². The summed E-state index contributed by atoms with van der Waals surface area (Å²) in [5, 5.41) is 17.6. The first-order chi connectivity index (χ1) is 27.2. The lowest BCUT2D eigenvalue weighted by Gasteiger charge is -2.17. The van der Waals surface area contributed by atoms with Gasteiger partial charge in [-0.15, -0.1) is 0 Å². The summed E-state index contributed by atoms with van der Waals surface area (Å²) in [6.45, 7) is 7.59. The van der Waals surface area contributed by atoms with Crippen LogP contribution in [0.25, 0.3) is 98.5 Å². The summed E-state index contributed by atoms with van der Waals surface area (Å²) in [5.74, 6) is 0. The normalized spacial score (nSPS) is 11.6. The first-order valence-electron chi connectivity index (χ1n) is 18.3. The Morgan fingerprint density at radius 2 is 1.00 bits per heavy atom. The van der Waals surface area contributed by atoms with Crippen molar-refractivity contribution < 1.29 is 0 Å². The van der Waals surface area contributed by atoms with Crippen LogP contribution in [0.5, 0.6) is 0 Å². The molecule has 0 bridgehead atoms. The fourth-order valence-corrected chi connectivity index (χ4v) is 8.82. The van der Waals surface area contributed by atoms with Crippen molar-refractivity contribution in [2.24, 2.45) is 0 Å². The highest BCUT2D eigenvalue weighted by atomic mass is 15.0. The Bertz CT molecular complexity index is 3400. The highest BCUT2D eigenvalue weighted by molar-refractivity contribution is 6.17. The predicted octanol–water partition coefficient (Wildman–Crippen LogP) is 13.1. The van der Waals surface area contributed by atoms with Gasteiger partial charge in [0.25, 0.3) is 0 Å². The van der Waals surface area contributed by atoms with Gasteiger partial charge in [0.05, 0.1) is 56.6 Å². The molecule has 0 radical (unpaired) electrons. The molecule has 0 amide bonds. The summed E-state index contributed by atoms with van der Waals surface area (Å²) in [4.78, 5) is 3.69. The summed E-state index contributed by atoms with van der Waals surface area (Å²) in [7, 11) is 0. The van der Waals surface area contributed by atoms with Crippen LogP contribution in [0.15, 0.2) is 176 Å². The van der Waals surface area contributed by atoms with E-state index < -0.39 is 0 Å². The zero-order valence-electron chi connectivity index (χ0n) is 29.5. The van der Waals surface area contributed by atoms with E-state index in [-0.39, 0.29) is 0 Å². The smallest absolute Gasteiger partial charge is 0.188 e. The molecule has 254 valence electrons. The van der Waals surface area contributed by atoms with Crippen LogP contribution >= 0.6 is 0 Å². The van der Waals surface area contributed by atoms with E-state index in [9.17, 15) is 5.26 Å². The van der Waals surface area contributed by atoms with Crippen molar-refractivity contribution in [1.82, 2.24) is 13.7 Å². The summed E-state index contributed by atoms with van der Waals surface area (Å²) in [6.07, 6.45) is 0. The van der Waals surface area contributed by atoms with Gasteiger partial charge in [0.1, 0.15) is 6.07 Å². The average Bonchev–Trinajstić information content (AvgIpc) is 3.89. The fraction of sp³-hybridized carbons (Fsp3) is 0. The average molecular weight is 700 g/mol. The Hall–Kier alpha value is -7.86. The third-order valence-electron chi connectivity index (χ3n) is 11.1. The minimum atomic E-state index is 0.601. The van der Waals surface area contributed by atoms with Gasteiger partial charge in [-0.05, 0) is 77.7 Å². The number of aromatic nitrogens is 3. The monoisotopic (exact) mass is 699 g/mol. The first kappa shape index (κ1) is 30.7. The maximum absolute atomic E-state index is 10.7. The number of benzene rings is 8. The molecule has 11 aromatic rings. The van der Waals surface area contributed by atoms with Gasteiger partial charge in [0, 0.05) is 38.2 Å². The Morgan fingerprint density at radius 3 is 1.65 bits per heavy atom. The number of nitriles is 1. The number of hydrogen-bond donors (Lipinski definition) is 0. The van der Waals surface area contributed by atoms with Crippen molar-refractivity contribution in [3.05, 3.63) is 193 Å². The molecule has 0 N–H and O–H groups in total. The standard InChI is InChI=1S/C50H29N5/c1-52-34-26-29-46-41(30-34)39-15-4-6-18-42(39)53(46)35-27-24-32(25-28-35)36-17-10-12-33(31-51)50(36)55-45-21-9-5-16-40(45)49-47(22-11-23-48(49)55)54-43-19-7-2-13-37(43)38-14-3-8-20-44(38)54/h2-30H. The molecular formula is C50H29N5. The molecule has 55 heavy (non-hydrogen) atoms. The molecule has 0 aliphatic rings. The highest BCUT2D eigenvalue weighted by Gasteiger charge is 2.23. The summed E-state index contributed by atoms with van der Waals surface area (Å²) < 4.78 is 6.93. The molecule has 3 aromatic heterocycles. The van der Waals surface area contributed by atoms with E-state index in [1.807, 2.05) is 36.4 Å². The third-order valence-corrected chi connectivity index (χ3v) is 11.1. The van der Waals surface area contributed by atoms with Crippen LogP contribution < -0.4 is 0 Å². The number of rotatable bonds is 4. The molecule has 8 aromatic carbocycles. The number of fused-ring (bicyclic) bond motifs is 9. The molecule has 11 rings (SSSR count). The molecule has 0 saturated carbocycles. The van der Waals surface area contributed by atoms with E-state index >= 15 is 0 Å². The molecule has 0 aliphatic heterocycles. The lowest BCUT2D eigenvalue weighted by atomic mass is 9.99. The Kier molecular flexibility index (Phi) is 6.61. The molecule has 0 spiro atoms. The van der Waals surface area contributed by atoms with E-state index in [1.165, 1.54) is 10.8 Å². The van der Waals surface area contributed by atoms with Gasteiger partial charge >= 0.3 is 0 Å². The molecule has 0 unspecified atom stereocenters. The second kappa shape index (κ2) is 11.8. The van der Waals surface area contributed by atoms with Crippen LogP contribution in [0.2, 0.25) is 0 Å². The van der Waals surface area contributed by atoms with E-state index in [4.69, 9.17) is 6.57 Å². The van der Waals surface area contributed by atoms with Crippen LogP contribution in [-0.2, 0) is 0 Å². The molecule has 0 atom stereocenters. The lowest BCUT2D eigenvalue weighted by molar-refractivity contribution is 1.16. The Balaban J connectivity index is 1.15. The zero-order valence-corrected chi connectivity index (χ0v) is 29.5. The van der Waals surface area contributed by atoms with Gasteiger partial charge in [-0.1, -0.05) is 109 Å². The van der Waals surface area contributed by atoms with Crippen LogP contribution in [0.3, 0.4) is 0 Å². The van der Waals surface area contributed by atoms with Gasteiger partial charge in [0.15, 0.2) is 5.69 Å². The molecule has 0 aliphatic carbocycles. The quantitative estimate of drug-likeness (QED) is 0.169. The topological polar surface area (TPSA) is 42.9 Å². The Morgan fingerprint density at radius 1 is 0.455 bits per heavy atom. The molecular weight excluding hydrogens is 671 g/mol. The Labute approximate surface area is 316 Å². The SMILES string of the molecule is [C-]#[N+]c1ccc2c(c1)c1ccccc1n2-c1ccc(-c2cccc(C#N)c2-n2c3ccccc3c3c(-n4c5ccccc5c5ccccc54)cccc32)cc1. The van der Waals surface area contributed by atoms with Gasteiger partial charge in [-0.3, -0.25) is 0 Å². The summed E-state index contributed by atoms with van der Waals surface area (Å²) >= 11 is 0. The van der Waals surface area contributed by atoms with Crippen molar-refractivity contribution in [2.75, 3.05) is 0 Å². The fourth-order valence-electron chi connectivity index (χ4n) is 8.82. The minimum absolute atomic E-state index is 0.601. The lowest BCUT2D eigenvalue weighted by Crippen LogP contribution is -2.01. The molecule has 5 heteroatoms. The summed E-state index contributed by atoms with van der Waals surface area (Å²) in [6, 6.07) is 63.7. The maximum atomic E-state index is 10.7. The molecule has 5 nitrogen and oxygen atoms in total. The van der Waals surface area contributed by atoms with Gasteiger partial charge in [0.2, 0.25) is 0 Å². The summed E-state index contributed by atoms with van der Waals surface area (Å²) in [5.41, 5.74) is 12.7. The van der Waals surface area contributed by atoms with Crippen LogP contribution in [0, 0.1) is 17.9 Å². The van der Waals surface area contributed by atoms with Crippen molar-refractivity contribution in [3.63, 3.8) is 0 Å². The van der Waals surface area contributed by atoms with E-state index in [0.717, 1.165) is 82.8 Å². The van der Waals surface area contributed by atoms with Gasteiger partial charge in [-0.2, -0.15) is 5.26 Å². The van der Waals surface area contributed by atoms with Crippen LogP contribution in [0.4, 0.5) is 5.69 Å². The van der Waals surface area contributed by atoms with E-state index in [2.05, 4.69) is 164 Å². The first-order valence-corrected chi connectivity index (χ1v) is 18.3. The third kappa shape index (κ3) is 4.39. The second-order valence-corrected chi connectivity index (χ2v) is 13.9. The van der Waals surface area contributed by atoms with E-state index in [1.54, 1.807) is 0 Å². The van der Waals surface area contributed by atoms with E-state index in [0.29, 0.717) is 11.3 Å². The molecule has 3 heterocycles. The predicted molar refractivity (Wildman–Crippen MR) is 226 cm³/mol. The highest BCUT2D eigenvalue weighted by Crippen LogP contribution is 2.43. The van der Waals surface area contributed by atoms with Gasteiger partial charge in [-0.25, -0.2) is 4.85 Å². The van der Waals surface area contributed by atoms with Crippen molar-refractivity contribution in [3.8, 4) is 34.3 Å². The van der Waals surface area contributed by atoms with Crippen molar-refractivity contribution >= 4 is 71.1 Å². The maximum Gasteiger partial charge on any atom is 0.188 e. The van der Waals surface area contributed by atoms with Crippen LogP contribution in [-0.4, -0.2) is 13.7 Å². The number of hydrogen-bond acceptors (Lipinski definition) is 1. The number of nitrogens with zero attached hydrogens (tertiary/aromatic N) is 5. The number of para-hydroxylation sites is 5. The largest absolute Gasteiger partial charge is 0.309 e. The van der Waals surface area contributed by atoms with Crippen LogP contribution in [0.1, 0.15) is 5.56 Å². The zero-order chi connectivity index (χ0) is 36.6. The second-order valence-electron chi connectivity index (χ2n) is 13.9.